The zero-order chi connectivity index (χ0) is 21.6. The molecule has 1 aliphatic carbocycles. The van der Waals surface area contributed by atoms with E-state index in [4.69, 9.17) is 0 Å². The minimum atomic E-state index is -3.30. The van der Waals surface area contributed by atoms with Gasteiger partial charge in [0.25, 0.3) is 0 Å². The third kappa shape index (κ3) is 5.79. The second-order valence-corrected chi connectivity index (χ2v) is 11.9. The molecule has 0 spiro atoms. The molecule has 0 amide bonds. The summed E-state index contributed by atoms with van der Waals surface area (Å²) in [5, 5.41) is -0.236. The van der Waals surface area contributed by atoms with Gasteiger partial charge >= 0.3 is 0 Å². The predicted octanol–water partition coefficient (Wildman–Crippen LogP) is 5.94. The van der Waals surface area contributed by atoms with Crippen LogP contribution in [0.15, 0.2) is 24.3 Å². The Morgan fingerprint density at radius 1 is 1.13 bits per heavy atom. The SMILES string of the molecule is CCCCCCN1CC[C@](C)(c2cccc(NS(=O)(=O)C3CCCCC3)c2)[C@@H](C)C1. The van der Waals surface area contributed by atoms with Crippen LogP contribution in [0.4, 0.5) is 5.69 Å². The second kappa shape index (κ2) is 10.5. The van der Waals surface area contributed by atoms with Crippen LogP contribution >= 0.6 is 0 Å². The molecule has 1 heterocycles. The van der Waals surface area contributed by atoms with Gasteiger partial charge in [0.1, 0.15) is 0 Å². The van der Waals surface area contributed by atoms with Crippen molar-refractivity contribution in [3.63, 3.8) is 0 Å². The van der Waals surface area contributed by atoms with Gasteiger partial charge in [-0.3, -0.25) is 4.72 Å². The maximum Gasteiger partial charge on any atom is 0.235 e. The summed E-state index contributed by atoms with van der Waals surface area (Å²) >= 11 is 0. The van der Waals surface area contributed by atoms with E-state index in [1.54, 1.807) is 0 Å². The van der Waals surface area contributed by atoms with Crippen molar-refractivity contribution in [3.8, 4) is 0 Å². The molecule has 0 aromatic heterocycles. The van der Waals surface area contributed by atoms with E-state index < -0.39 is 10.0 Å². The minimum Gasteiger partial charge on any atom is -0.303 e. The molecule has 1 aliphatic heterocycles. The summed E-state index contributed by atoms with van der Waals surface area (Å²) in [5.74, 6) is 0.544. The van der Waals surface area contributed by atoms with Gasteiger partial charge in [-0.15, -0.1) is 0 Å². The van der Waals surface area contributed by atoms with E-state index in [-0.39, 0.29) is 10.7 Å². The van der Waals surface area contributed by atoms with E-state index in [1.807, 2.05) is 12.1 Å². The van der Waals surface area contributed by atoms with Crippen molar-refractivity contribution in [2.24, 2.45) is 5.92 Å². The van der Waals surface area contributed by atoms with Crippen LogP contribution in [-0.2, 0) is 15.4 Å². The van der Waals surface area contributed by atoms with E-state index in [1.165, 1.54) is 37.8 Å². The predicted molar refractivity (Wildman–Crippen MR) is 128 cm³/mol. The maximum absolute atomic E-state index is 12.9. The molecule has 2 atom stereocenters. The quantitative estimate of drug-likeness (QED) is 0.489. The van der Waals surface area contributed by atoms with Gasteiger partial charge in [0.05, 0.1) is 5.25 Å². The van der Waals surface area contributed by atoms with Crippen LogP contribution in [-0.4, -0.2) is 38.2 Å². The van der Waals surface area contributed by atoms with Crippen LogP contribution in [0.3, 0.4) is 0 Å². The number of nitrogens with one attached hydrogen (secondary N) is 1. The molecule has 30 heavy (non-hydrogen) atoms. The first-order chi connectivity index (χ1) is 14.3. The summed E-state index contributed by atoms with van der Waals surface area (Å²) in [7, 11) is -3.30. The Morgan fingerprint density at radius 2 is 1.90 bits per heavy atom. The van der Waals surface area contributed by atoms with Crippen molar-refractivity contribution in [2.75, 3.05) is 24.4 Å². The van der Waals surface area contributed by atoms with E-state index in [0.717, 1.165) is 57.3 Å². The highest BCUT2D eigenvalue weighted by molar-refractivity contribution is 7.93. The summed E-state index contributed by atoms with van der Waals surface area (Å²) < 4.78 is 28.6. The van der Waals surface area contributed by atoms with Gasteiger partial charge in [-0.25, -0.2) is 8.42 Å². The number of benzene rings is 1. The van der Waals surface area contributed by atoms with E-state index in [0.29, 0.717) is 5.92 Å². The third-order valence-electron chi connectivity index (χ3n) is 7.67. The van der Waals surface area contributed by atoms with Crippen LogP contribution in [0.2, 0.25) is 0 Å². The first kappa shape index (κ1) is 23.6. The summed E-state index contributed by atoms with van der Waals surface area (Å²) in [6, 6.07) is 8.20. The Balaban J connectivity index is 1.64. The average molecular weight is 435 g/mol. The van der Waals surface area contributed by atoms with Crippen LogP contribution in [0.5, 0.6) is 0 Å². The Kier molecular flexibility index (Phi) is 8.25. The van der Waals surface area contributed by atoms with Gasteiger partial charge < -0.3 is 4.90 Å². The standard InChI is InChI=1S/C25H42N2O2S/c1-4-5-6-10-17-27-18-16-25(3,21(2)20-27)22-12-11-13-23(19-22)26-30(28,29)24-14-8-7-9-15-24/h11-13,19,21,24,26H,4-10,14-18,20H2,1-3H3/t21-,25-/m0/s1. The molecule has 5 heteroatoms. The van der Waals surface area contributed by atoms with Crippen LogP contribution in [0.25, 0.3) is 0 Å². The molecule has 0 radical (unpaired) electrons. The number of likely N-dealkylation sites (tertiary alicyclic amines) is 1. The molecule has 2 aliphatic rings. The van der Waals surface area contributed by atoms with Gasteiger partial charge in [-0.05, 0) is 67.8 Å². The lowest BCUT2D eigenvalue weighted by molar-refractivity contribution is 0.109. The Labute approximate surface area is 184 Å². The Hall–Kier alpha value is -1.07. The molecule has 3 rings (SSSR count). The fraction of sp³-hybridized carbons (Fsp3) is 0.760. The fourth-order valence-corrected chi connectivity index (χ4v) is 6.85. The lowest BCUT2D eigenvalue weighted by atomic mass is 9.68. The molecule has 170 valence electrons. The fourth-order valence-electron chi connectivity index (χ4n) is 5.27. The molecule has 1 aromatic rings. The van der Waals surface area contributed by atoms with Crippen molar-refractivity contribution >= 4 is 15.7 Å². The molecule has 2 fully saturated rings. The monoisotopic (exact) mass is 434 g/mol. The molecule has 1 N–H and O–H groups in total. The van der Waals surface area contributed by atoms with Crippen molar-refractivity contribution in [3.05, 3.63) is 29.8 Å². The zero-order valence-electron chi connectivity index (χ0n) is 19.3. The molecule has 0 bridgehead atoms. The summed E-state index contributed by atoms with van der Waals surface area (Å²) in [6.45, 7) is 10.4. The normalized spacial score (nSPS) is 26.6. The molecule has 4 nitrogen and oxygen atoms in total. The number of nitrogens with zero attached hydrogens (tertiary/aromatic N) is 1. The van der Waals surface area contributed by atoms with E-state index >= 15 is 0 Å². The van der Waals surface area contributed by atoms with Crippen molar-refractivity contribution in [1.29, 1.82) is 0 Å². The number of rotatable bonds is 9. The lowest BCUT2D eigenvalue weighted by Crippen LogP contribution is -2.47. The number of hydrogen-bond donors (Lipinski definition) is 1. The number of hydrogen-bond acceptors (Lipinski definition) is 3. The van der Waals surface area contributed by atoms with Gasteiger partial charge in [0, 0.05) is 12.2 Å². The lowest BCUT2D eigenvalue weighted by Gasteiger charge is -2.45. The number of unbranched alkanes of at least 4 members (excludes halogenated alkanes) is 3. The van der Waals surface area contributed by atoms with Crippen molar-refractivity contribution in [2.45, 2.75) is 95.6 Å². The minimum absolute atomic E-state index is 0.0895. The number of piperidine rings is 1. The Morgan fingerprint density at radius 3 is 2.60 bits per heavy atom. The summed E-state index contributed by atoms with van der Waals surface area (Å²) in [4.78, 5) is 2.62. The van der Waals surface area contributed by atoms with Crippen LogP contribution in [0.1, 0.15) is 90.5 Å². The van der Waals surface area contributed by atoms with Gasteiger partial charge in [-0.1, -0.05) is 71.4 Å². The third-order valence-corrected chi connectivity index (χ3v) is 9.54. The van der Waals surface area contributed by atoms with Gasteiger partial charge in [-0.2, -0.15) is 0 Å². The highest BCUT2D eigenvalue weighted by Gasteiger charge is 2.38. The number of anilines is 1. The summed E-state index contributed by atoms with van der Waals surface area (Å²) in [5.41, 5.74) is 2.09. The highest BCUT2D eigenvalue weighted by Crippen LogP contribution is 2.40. The number of sulfonamides is 1. The zero-order valence-corrected chi connectivity index (χ0v) is 20.1. The average Bonchev–Trinajstić information content (AvgIpc) is 2.74. The first-order valence-corrected chi connectivity index (χ1v) is 13.7. The molecular formula is C25H42N2O2S. The molecule has 1 saturated heterocycles. The smallest absolute Gasteiger partial charge is 0.235 e. The molecule has 1 saturated carbocycles. The second-order valence-electron chi connectivity index (χ2n) is 9.92. The van der Waals surface area contributed by atoms with Crippen molar-refractivity contribution < 1.29 is 8.42 Å². The first-order valence-electron chi connectivity index (χ1n) is 12.2. The van der Waals surface area contributed by atoms with E-state index in [2.05, 4.69) is 42.5 Å². The molecule has 1 aromatic carbocycles. The topological polar surface area (TPSA) is 49.4 Å². The van der Waals surface area contributed by atoms with Crippen LogP contribution < -0.4 is 4.72 Å². The van der Waals surface area contributed by atoms with Crippen LogP contribution in [0, 0.1) is 5.92 Å². The molecule has 0 unspecified atom stereocenters. The maximum atomic E-state index is 12.9. The van der Waals surface area contributed by atoms with Crippen molar-refractivity contribution in [1.82, 2.24) is 4.90 Å². The largest absolute Gasteiger partial charge is 0.303 e. The van der Waals surface area contributed by atoms with E-state index in [9.17, 15) is 8.42 Å². The highest BCUT2D eigenvalue weighted by atomic mass is 32.2. The summed E-state index contributed by atoms with van der Waals surface area (Å²) in [6.07, 6.45) is 11.2. The van der Waals surface area contributed by atoms with Gasteiger partial charge in [0.2, 0.25) is 10.0 Å². The molecular weight excluding hydrogens is 392 g/mol. The van der Waals surface area contributed by atoms with Gasteiger partial charge in [0.15, 0.2) is 0 Å². The Bertz CT molecular complexity index is 773.